The molecule has 0 saturated carbocycles. The number of pyridine rings is 1. The van der Waals surface area contributed by atoms with Gasteiger partial charge in [-0.1, -0.05) is 0 Å². The molecule has 0 aliphatic heterocycles. The number of nitrogens with zero attached hydrogens (tertiary/aromatic N) is 1. The van der Waals surface area contributed by atoms with Gasteiger partial charge in [0.25, 0.3) is 0 Å². The molecule has 21 heavy (non-hydrogen) atoms. The van der Waals surface area contributed by atoms with Gasteiger partial charge in [-0.15, -0.1) is 0 Å². The third-order valence-corrected chi connectivity index (χ3v) is 2.02. The second-order valence-electron chi connectivity index (χ2n) is 5.26. The summed E-state index contributed by atoms with van der Waals surface area (Å²) in [6.45, 7) is 3.86. The highest BCUT2D eigenvalue weighted by atomic mass is 19.4. The summed E-state index contributed by atoms with van der Waals surface area (Å²) in [6, 6.07) is 2.88. The molecule has 0 aromatic carbocycles. The largest absolute Gasteiger partial charge is 0.468 e. The lowest BCUT2D eigenvalue weighted by atomic mass is 10.2. The summed E-state index contributed by atoms with van der Waals surface area (Å²) in [5.41, 5.74) is -0.0726. The topological polar surface area (TPSA) is 60.5 Å². The van der Waals surface area contributed by atoms with Gasteiger partial charge < -0.3 is 14.8 Å². The fourth-order valence-electron chi connectivity index (χ4n) is 1.28. The van der Waals surface area contributed by atoms with E-state index in [0.717, 1.165) is 0 Å². The molecule has 118 valence electrons. The first-order valence-electron chi connectivity index (χ1n) is 6.16. The maximum atomic E-state index is 12.0. The van der Waals surface area contributed by atoms with E-state index in [0.29, 0.717) is 5.56 Å². The van der Waals surface area contributed by atoms with Crippen molar-refractivity contribution in [3.8, 4) is 5.88 Å². The van der Waals surface area contributed by atoms with Gasteiger partial charge in [-0.05, 0) is 32.4 Å². The van der Waals surface area contributed by atoms with Crippen LogP contribution >= 0.6 is 0 Å². The fraction of sp³-hybridized carbons (Fsp3) is 0.538. The molecule has 0 saturated heterocycles. The molecule has 1 rings (SSSR count). The zero-order chi connectivity index (χ0) is 16.1. The van der Waals surface area contributed by atoms with Crippen molar-refractivity contribution >= 4 is 6.09 Å². The number of rotatable bonds is 4. The molecule has 0 bridgehead atoms. The van der Waals surface area contributed by atoms with Crippen LogP contribution in [0, 0.1) is 0 Å². The maximum absolute atomic E-state index is 12.0. The summed E-state index contributed by atoms with van der Waals surface area (Å²) >= 11 is 0. The third-order valence-electron chi connectivity index (χ3n) is 2.02. The number of nitrogens with one attached hydrogen (secondary N) is 1. The van der Waals surface area contributed by atoms with E-state index in [-0.39, 0.29) is 12.4 Å². The first-order valence-corrected chi connectivity index (χ1v) is 6.16. The molecule has 0 spiro atoms. The van der Waals surface area contributed by atoms with Crippen molar-refractivity contribution in [2.75, 3.05) is 6.61 Å². The van der Waals surface area contributed by atoms with E-state index in [9.17, 15) is 18.0 Å². The molecule has 0 aliphatic rings. The van der Waals surface area contributed by atoms with Crippen molar-refractivity contribution < 1.29 is 27.4 Å². The molecule has 8 heteroatoms. The number of carbonyl (C=O) groups excluding carboxylic acids is 1. The average molecular weight is 306 g/mol. The molecular weight excluding hydrogens is 289 g/mol. The Morgan fingerprint density at radius 1 is 1.33 bits per heavy atom. The Balaban J connectivity index is 2.51. The molecule has 1 aromatic rings. The van der Waals surface area contributed by atoms with Gasteiger partial charge >= 0.3 is 12.3 Å². The maximum Gasteiger partial charge on any atom is 0.422 e. The summed E-state index contributed by atoms with van der Waals surface area (Å²) in [6.07, 6.45) is -3.73. The number of carbonyl (C=O) groups is 1. The highest BCUT2D eigenvalue weighted by Gasteiger charge is 2.28. The number of hydrogen-bond donors (Lipinski definition) is 1. The molecule has 0 fully saturated rings. The first kappa shape index (κ1) is 17.1. The monoisotopic (exact) mass is 306 g/mol. The predicted octanol–water partition coefficient (Wildman–Crippen LogP) is 3.05. The second-order valence-corrected chi connectivity index (χ2v) is 5.26. The lowest BCUT2D eigenvalue weighted by Crippen LogP contribution is -2.32. The Labute approximate surface area is 120 Å². The number of alkyl carbamates (subject to hydrolysis) is 1. The highest BCUT2D eigenvalue weighted by molar-refractivity contribution is 5.67. The van der Waals surface area contributed by atoms with Crippen LogP contribution in [0.15, 0.2) is 18.3 Å². The molecule has 0 radical (unpaired) electrons. The number of halogens is 3. The highest BCUT2D eigenvalue weighted by Crippen LogP contribution is 2.17. The number of ether oxygens (including phenoxy) is 2. The molecule has 0 aliphatic carbocycles. The van der Waals surface area contributed by atoms with Gasteiger partial charge in [-0.25, -0.2) is 9.78 Å². The molecule has 1 amide bonds. The van der Waals surface area contributed by atoms with E-state index in [1.807, 2.05) is 0 Å². The Hall–Kier alpha value is -1.99. The Bertz CT molecular complexity index is 484. The average Bonchev–Trinajstić information content (AvgIpc) is 2.32. The Morgan fingerprint density at radius 2 is 2.00 bits per heavy atom. The summed E-state index contributed by atoms with van der Waals surface area (Å²) in [7, 11) is 0. The smallest absolute Gasteiger partial charge is 0.422 e. The van der Waals surface area contributed by atoms with E-state index in [2.05, 4.69) is 15.0 Å². The van der Waals surface area contributed by atoms with Gasteiger partial charge in [0.15, 0.2) is 6.61 Å². The van der Waals surface area contributed by atoms with Crippen LogP contribution in [0.5, 0.6) is 5.88 Å². The van der Waals surface area contributed by atoms with Crippen LogP contribution in [0.2, 0.25) is 0 Å². The molecule has 1 aromatic heterocycles. The van der Waals surface area contributed by atoms with Crippen LogP contribution in [0.3, 0.4) is 0 Å². The summed E-state index contributed by atoms with van der Waals surface area (Å²) < 4.78 is 45.6. The van der Waals surface area contributed by atoms with Gasteiger partial charge in [0.2, 0.25) is 5.88 Å². The van der Waals surface area contributed by atoms with Crippen molar-refractivity contribution in [3.05, 3.63) is 23.9 Å². The number of hydrogen-bond acceptors (Lipinski definition) is 4. The van der Waals surface area contributed by atoms with E-state index >= 15 is 0 Å². The van der Waals surface area contributed by atoms with Gasteiger partial charge in [0, 0.05) is 18.8 Å². The van der Waals surface area contributed by atoms with E-state index in [1.54, 1.807) is 26.8 Å². The Kier molecular flexibility index (Phi) is 5.40. The molecule has 0 unspecified atom stereocenters. The predicted molar refractivity (Wildman–Crippen MR) is 68.9 cm³/mol. The Morgan fingerprint density at radius 3 is 2.57 bits per heavy atom. The lowest BCUT2D eigenvalue weighted by Gasteiger charge is -2.19. The van der Waals surface area contributed by atoms with Crippen molar-refractivity contribution in [2.45, 2.75) is 39.1 Å². The third kappa shape index (κ3) is 8.01. The quantitative estimate of drug-likeness (QED) is 0.929. The van der Waals surface area contributed by atoms with Crippen molar-refractivity contribution in [1.82, 2.24) is 10.3 Å². The van der Waals surface area contributed by atoms with Crippen molar-refractivity contribution in [1.29, 1.82) is 0 Å². The first-order chi connectivity index (χ1) is 9.55. The van der Waals surface area contributed by atoms with Crippen LogP contribution in [-0.4, -0.2) is 29.5 Å². The van der Waals surface area contributed by atoms with Crippen molar-refractivity contribution in [3.63, 3.8) is 0 Å². The number of amides is 1. The normalized spacial score (nSPS) is 11.9. The number of aromatic nitrogens is 1. The lowest BCUT2D eigenvalue weighted by molar-refractivity contribution is -0.154. The fourth-order valence-corrected chi connectivity index (χ4v) is 1.28. The molecule has 1 heterocycles. The van der Waals surface area contributed by atoms with Crippen LogP contribution < -0.4 is 10.1 Å². The SMILES string of the molecule is CC(C)(C)OC(=O)NCc1ccnc(OCC(F)(F)F)c1. The van der Waals surface area contributed by atoms with E-state index in [4.69, 9.17) is 4.74 Å². The van der Waals surface area contributed by atoms with Gasteiger partial charge in [0.05, 0.1) is 0 Å². The molecular formula is C13H17F3N2O3. The van der Waals surface area contributed by atoms with Crippen molar-refractivity contribution in [2.24, 2.45) is 0 Å². The van der Waals surface area contributed by atoms with Crippen LogP contribution in [0.4, 0.5) is 18.0 Å². The standard InChI is InChI=1S/C13H17F3N2O3/c1-12(2,3)21-11(19)18-7-9-4-5-17-10(6-9)20-8-13(14,15)16/h4-6H,7-8H2,1-3H3,(H,18,19). The summed E-state index contributed by atoms with van der Waals surface area (Å²) in [4.78, 5) is 15.1. The molecule has 5 nitrogen and oxygen atoms in total. The van der Waals surface area contributed by atoms with Gasteiger partial charge in [0.1, 0.15) is 5.60 Å². The van der Waals surface area contributed by atoms with Gasteiger partial charge in [-0.3, -0.25) is 0 Å². The minimum Gasteiger partial charge on any atom is -0.468 e. The molecule has 1 N–H and O–H groups in total. The molecule has 0 atom stereocenters. The minimum absolute atomic E-state index is 0.0970. The number of alkyl halides is 3. The van der Waals surface area contributed by atoms with E-state index in [1.165, 1.54) is 12.3 Å². The van der Waals surface area contributed by atoms with E-state index < -0.39 is 24.5 Å². The van der Waals surface area contributed by atoms with Gasteiger partial charge in [-0.2, -0.15) is 13.2 Å². The minimum atomic E-state index is -4.42. The summed E-state index contributed by atoms with van der Waals surface area (Å²) in [5.74, 6) is -0.157. The second kappa shape index (κ2) is 6.64. The summed E-state index contributed by atoms with van der Waals surface area (Å²) in [5, 5.41) is 2.49. The van der Waals surface area contributed by atoms with Crippen LogP contribution in [0.25, 0.3) is 0 Å². The zero-order valence-corrected chi connectivity index (χ0v) is 12.0. The van der Waals surface area contributed by atoms with Crippen LogP contribution in [0.1, 0.15) is 26.3 Å². The zero-order valence-electron chi connectivity index (χ0n) is 12.0. The van der Waals surface area contributed by atoms with Crippen LogP contribution in [-0.2, 0) is 11.3 Å².